The van der Waals surface area contributed by atoms with Crippen LogP contribution in [0.5, 0.6) is 0 Å². The number of amides is 1. The minimum absolute atomic E-state index is 0.201. The molecule has 0 bridgehead atoms. The van der Waals surface area contributed by atoms with E-state index in [-0.39, 0.29) is 12.2 Å². The average molecular weight is 327 g/mol. The standard InChI is InChI=1S/C17H18FN5O/c1-10-14(11-8-13(18)15(16(19)24)21-9-11)22-23(17(10)20-2)12-6-4-3-5-7-12/h3-8,20-21H,9H2,1-2H3,(H2,19,24). The van der Waals surface area contributed by atoms with Gasteiger partial charge < -0.3 is 16.4 Å². The van der Waals surface area contributed by atoms with Crippen LogP contribution in [0.3, 0.4) is 0 Å². The van der Waals surface area contributed by atoms with E-state index in [1.54, 1.807) is 4.68 Å². The summed E-state index contributed by atoms with van der Waals surface area (Å²) in [7, 11) is 1.81. The fraction of sp³-hybridized carbons (Fsp3) is 0.176. The van der Waals surface area contributed by atoms with E-state index in [4.69, 9.17) is 5.73 Å². The maximum absolute atomic E-state index is 14.1. The lowest BCUT2D eigenvalue weighted by Gasteiger charge is -2.15. The number of hydrogen-bond acceptors (Lipinski definition) is 4. The first-order valence-corrected chi connectivity index (χ1v) is 7.50. The van der Waals surface area contributed by atoms with Crippen LogP contribution in [0.1, 0.15) is 11.3 Å². The van der Waals surface area contributed by atoms with Gasteiger partial charge in [0.2, 0.25) is 0 Å². The zero-order valence-corrected chi connectivity index (χ0v) is 13.4. The molecule has 0 fully saturated rings. The number of halogens is 1. The predicted molar refractivity (Wildman–Crippen MR) is 91.2 cm³/mol. The number of benzene rings is 1. The van der Waals surface area contributed by atoms with Crippen LogP contribution in [-0.4, -0.2) is 29.3 Å². The van der Waals surface area contributed by atoms with Gasteiger partial charge in [-0.05, 0) is 25.1 Å². The highest BCUT2D eigenvalue weighted by Crippen LogP contribution is 2.29. The molecule has 1 aliphatic heterocycles. The third-order valence-electron chi connectivity index (χ3n) is 3.91. The molecule has 3 rings (SSSR count). The van der Waals surface area contributed by atoms with Crippen molar-refractivity contribution in [3.63, 3.8) is 0 Å². The summed E-state index contributed by atoms with van der Waals surface area (Å²) >= 11 is 0. The van der Waals surface area contributed by atoms with Gasteiger partial charge in [-0.25, -0.2) is 9.07 Å². The summed E-state index contributed by atoms with van der Waals surface area (Å²) in [6.45, 7) is 2.20. The van der Waals surface area contributed by atoms with Crippen LogP contribution in [0.4, 0.5) is 10.2 Å². The smallest absolute Gasteiger partial charge is 0.267 e. The van der Waals surface area contributed by atoms with Gasteiger partial charge in [0.1, 0.15) is 11.5 Å². The molecule has 7 heteroatoms. The highest BCUT2D eigenvalue weighted by Gasteiger charge is 2.23. The largest absolute Gasteiger partial charge is 0.374 e. The number of anilines is 1. The summed E-state index contributed by atoms with van der Waals surface area (Å²) in [5.41, 5.74) is 8.04. The number of carbonyl (C=O) groups is 1. The Hall–Kier alpha value is -3.09. The molecule has 2 aromatic rings. The number of dihydropyridines is 1. The zero-order chi connectivity index (χ0) is 17.3. The molecule has 124 valence electrons. The maximum Gasteiger partial charge on any atom is 0.267 e. The first kappa shape index (κ1) is 15.8. The minimum Gasteiger partial charge on any atom is -0.374 e. The Morgan fingerprint density at radius 2 is 2.08 bits per heavy atom. The summed E-state index contributed by atoms with van der Waals surface area (Å²) in [5.74, 6) is -0.671. The number of para-hydroxylation sites is 1. The van der Waals surface area contributed by atoms with Crippen molar-refractivity contribution < 1.29 is 9.18 Å². The Balaban J connectivity index is 2.09. The van der Waals surface area contributed by atoms with E-state index >= 15 is 0 Å². The summed E-state index contributed by atoms with van der Waals surface area (Å²) in [5, 5.41) is 10.5. The number of nitrogens with two attached hydrogens (primary N) is 1. The van der Waals surface area contributed by atoms with Crippen LogP contribution in [-0.2, 0) is 4.79 Å². The van der Waals surface area contributed by atoms with Gasteiger partial charge in [-0.2, -0.15) is 5.10 Å². The summed E-state index contributed by atoms with van der Waals surface area (Å²) in [6, 6.07) is 9.66. The molecule has 24 heavy (non-hydrogen) atoms. The van der Waals surface area contributed by atoms with Crippen LogP contribution < -0.4 is 16.4 Å². The number of allylic oxidation sites excluding steroid dienone is 2. The van der Waals surface area contributed by atoms with Gasteiger partial charge in [0.05, 0.1) is 11.4 Å². The molecular formula is C17H18FN5O. The predicted octanol–water partition coefficient (Wildman–Crippen LogP) is 1.88. The summed E-state index contributed by atoms with van der Waals surface area (Å²) in [4.78, 5) is 11.2. The molecule has 0 spiro atoms. The van der Waals surface area contributed by atoms with E-state index in [1.165, 1.54) is 6.08 Å². The number of primary amides is 1. The van der Waals surface area contributed by atoms with Crippen molar-refractivity contribution in [2.45, 2.75) is 6.92 Å². The van der Waals surface area contributed by atoms with Gasteiger partial charge in [0.15, 0.2) is 5.83 Å². The fourth-order valence-electron chi connectivity index (χ4n) is 2.75. The molecule has 2 heterocycles. The Kier molecular flexibility index (Phi) is 4.07. The molecule has 0 atom stereocenters. The van der Waals surface area contributed by atoms with Crippen molar-refractivity contribution in [2.24, 2.45) is 5.73 Å². The SMILES string of the molecule is CNc1c(C)c(C2=CC(F)=C(C(N)=O)NC2)nn1-c1ccccc1. The number of hydrogen-bond donors (Lipinski definition) is 3. The third-order valence-corrected chi connectivity index (χ3v) is 3.91. The van der Waals surface area contributed by atoms with Crippen LogP contribution >= 0.6 is 0 Å². The van der Waals surface area contributed by atoms with E-state index in [0.717, 1.165) is 17.1 Å². The van der Waals surface area contributed by atoms with Gasteiger partial charge in [-0.15, -0.1) is 0 Å². The van der Waals surface area contributed by atoms with Gasteiger partial charge in [-0.1, -0.05) is 18.2 Å². The molecular weight excluding hydrogens is 309 g/mol. The third kappa shape index (κ3) is 2.64. The Morgan fingerprint density at radius 1 is 1.38 bits per heavy atom. The molecule has 1 aromatic carbocycles. The molecule has 0 aliphatic carbocycles. The van der Waals surface area contributed by atoms with Gasteiger partial charge in [0.25, 0.3) is 5.91 Å². The maximum atomic E-state index is 14.1. The highest BCUT2D eigenvalue weighted by atomic mass is 19.1. The van der Waals surface area contributed by atoms with Crippen LogP contribution in [0.25, 0.3) is 11.3 Å². The van der Waals surface area contributed by atoms with Gasteiger partial charge in [0, 0.05) is 24.7 Å². The summed E-state index contributed by atoms with van der Waals surface area (Å²) in [6.07, 6.45) is 1.31. The normalized spacial score (nSPS) is 14.2. The Bertz CT molecular complexity index is 851. The second kappa shape index (κ2) is 6.19. The quantitative estimate of drug-likeness (QED) is 0.800. The zero-order valence-electron chi connectivity index (χ0n) is 13.4. The van der Waals surface area contributed by atoms with Crippen molar-refractivity contribution in [2.75, 3.05) is 18.9 Å². The topological polar surface area (TPSA) is 85.0 Å². The molecule has 0 radical (unpaired) electrons. The minimum atomic E-state index is -0.815. The lowest BCUT2D eigenvalue weighted by molar-refractivity contribution is -0.115. The highest BCUT2D eigenvalue weighted by molar-refractivity contribution is 5.94. The molecule has 1 amide bonds. The molecule has 0 saturated heterocycles. The number of nitrogens with zero attached hydrogens (tertiary/aromatic N) is 2. The number of nitrogens with one attached hydrogen (secondary N) is 2. The number of aromatic nitrogens is 2. The second-order valence-corrected chi connectivity index (χ2v) is 5.43. The second-order valence-electron chi connectivity index (χ2n) is 5.43. The lowest BCUT2D eigenvalue weighted by Crippen LogP contribution is -2.30. The number of rotatable bonds is 4. The molecule has 1 aromatic heterocycles. The number of carbonyl (C=O) groups excluding carboxylic acids is 1. The molecule has 4 N–H and O–H groups in total. The summed E-state index contributed by atoms with van der Waals surface area (Å²) < 4.78 is 15.8. The van der Waals surface area contributed by atoms with Gasteiger partial charge >= 0.3 is 0 Å². The first-order chi connectivity index (χ1) is 11.5. The monoisotopic (exact) mass is 327 g/mol. The molecule has 0 unspecified atom stereocenters. The van der Waals surface area contributed by atoms with Gasteiger partial charge in [-0.3, -0.25) is 4.79 Å². The average Bonchev–Trinajstić information content (AvgIpc) is 2.91. The lowest BCUT2D eigenvalue weighted by atomic mass is 10.0. The Labute approximate surface area is 138 Å². The molecule has 6 nitrogen and oxygen atoms in total. The van der Waals surface area contributed by atoms with Crippen LogP contribution in [0.15, 0.2) is 47.9 Å². The van der Waals surface area contributed by atoms with E-state index in [2.05, 4.69) is 15.7 Å². The van der Waals surface area contributed by atoms with E-state index in [0.29, 0.717) is 11.3 Å². The van der Waals surface area contributed by atoms with E-state index in [9.17, 15) is 9.18 Å². The van der Waals surface area contributed by atoms with Crippen molar-refractivity contribution in [1.29, 1.82) is 0 Å². The fourth-order valence-corrected chi connectivity index (χ4v) is 2.75. The van der Waals surface area contributed by atoms with Crippen LogP contribution in [0, 0.1) is 6.92 Å². The Morgan fingerprint density at radius 3 is 2.67 bits per heavy atom. The van der Waals surface area contributed by atoms with Crippen molar-refractivity contribution in [3.8, 4) is 5.69 Å². The molecule has 1 aliphatic rings. The van der Waals surface area contributed by atoms with E-state index in [1.807, 2.05) is 44.3 Å². The van der Waals surface area contributed by atoms with E-state index < -0.39 is 11.7 Å². The van der Waals surface area contributed by atoms with Crippen LogP contribution in [0.2, 0.25) is 0 Å². The van der Waals surface area contributed by atoms with Crippen molar-refractivity contribution >= 4 is 17.3 Å². The first-order valence-electron chi connectivity index (χ1n) is 7.50. The van der Waals surface area contributed by atoms with Crippen molar-refractivity contribution in [1.82, 2.24) is 15.1 Å². The van der Waals surface area contributed by atoms with Crippen molar-refractivity contribution in [3.05, 3.63) is 59.2 Å². The molecule has 0 saturated carbocycles.